The Morgan fingerprint density at radius 2 is 1.89 bits per heavy atom. The standard InChI is InChI=1S/C13H17FN2O3/c1-8(16-9(2)17)7-15-12(13(18)19)10-3-5-11(14)6-4-10/h3-6,8,12,15H,7H2,1-2H3,(H,16,17)(H,18,19). The first-order chi connectivity index (χ1) is 8.90. The number of amides is 1. The lowest BCUT2D eigenvalue weighted by molar-refractivity contribution is -0.139. The SMILES string of the molecule is CC(=O)NC(C)CNC(C(=O)O)c1ccc(F)cc1. The van der Waals surface area contributed by atoms with E-state index < -0.39 is 17.8 Å². The van der Waals surface area contributed by atoms with E-state index in [9.17, 15) is 14.0 Å². The molecule has 0 saturated carbocycles. The number of carbonyl (C=O) groups excluding carboxylic acids is 1. The molecule has 2 atom stereocenters. The number of hydrogen-bond acceptors (Lipinski definition) is 3. The summed E-state index contributed by atoms with van der Waals surface area (Å²) in [6, 6.07) is 4.14. The molecular formula is C13H17FN2O3. The summed E-state index contributed by atoms with van der Waals surface area (Å²) in [6.07, 6.45) is 0. The van der Waals surface area contributed by atoms with Crippen LogP contribution in [0.15, 0.2) is 24.3 Å². The Kier molecular flexibility index (Phi) is 5.44. The van der Waals surface area contributed by atoms with Gasteiger partial charge in [-0.2, -0.15) is 0 Å². The summed E-state index contributed by atoms with van der Waals surface area (Å²) in [7, 11) is 0. The second-order valence-corrected chi connectivity index (χ2v) is 4.33. The topological polar surface area (TPSA) is 78.4 Å². The molecule has 6 heteroatoms. The van der Waals surface area contributed by atoms with Crippen molar-refractivity contribution < 1.29 is 19.1 Å². The number of nitrogens with one attached hydrogen (secondary N) is 2. The third-order valence-corrected chi connectivity index (χ3v) is 2.53. The Balaban J connectivity index is 2.66. The number of carboxylic acid groups (broad SMARTS) is 1. The van der Waals surface area contributed by atoms with Gasteiger partial charge in [-0.15, -0.1) is 0 Å². The number of carbonyl (C=O) groups is 2. The van der Waals surface area contributed by atoms with Crippen LogP contribution in [0.5, 0.6) is 0 Å². The molecule has 0 aromatic heterocycles. The monoisotopic (exact) mass is 268 g/mol. The van der Waals surface area contributed by atoms with Gasteiger partial charge in [-0.1, -0.05) is 12.1 Å². The molecular weight excluding hydrogens is 251 g/mol. The molecule has 1 amide bonds. The van der Waals surface area contributed by atoms with Gasteiger partial charge >= 0.3 is 5.97 Å². The van der Waals surface area contributed by atoms with Crippen molar-refractivity contribution >= 4 is 11.9 Å². The molecule has 0 saturated heterocycles. The number of carboxylic acids is 1. The Morgan fingerprint density at radius 3 is 2.37 bits per heavy atom. The molecule has 0 aliphatic rings. The predicted molar refractivity (Wildman–Crippen MR) is 68.1 cm³/mol. The zero-order valence-electron chi connectivity index (χ0n) is 10.8. The highest BCUT2D eigenvalue weighted by molar-refractivity contribution is 5.75. The first-order valence-electron chi connectivity index (χ1n) is 5.89. The third kappa shape index (κ3) is 5.05. The molecule has 0 radical (unpaired) electrons. The normalized spacial score (nSPS) is 13.6. The molecule has 0 bridgehead atoms. The molecule has 1 aromatic carbocycles. The lowest BCUT2D eigenvalue weighted by Crippen LogP contribution is -2.41. The summed E-state index contributed by atoms with van der Waals surface area (Å²) in [5.74, 6) is -1.65. The van der Waals surface area contributed by atoms with Crippen LogP contribution in [-0.2, 0) is 9.59 Å². The third-order valence-electron chi connectivity index (χ3n) is 2.53. The number of rotatable bonds is 6. The van der Waals surface area contributed by atoms with E-state index in [0.717, 1.165) is 0 Å². The lowest BCUT2D eigenvalue weighted by Gasteiger charge is -2.18. The molecule has 0 heterocycles. The van der Waals surface area contributed by atoms with E-state index in [2.05, 4.69) is 10.6 Å². The van der Waals surface area contributed by atoms with Crippen molar-refractivity contribution in [1.29, 1.82) is 0 Å². The van der Waals surface area contributed by atoms with Crippen LogP contribution in [0.1, 0.15) is 25.5 Å². The fourth-order valence-electron chi connectivity index (χ4n) is 1.70. The highest BCUT2D eigenvalue weighted by Gasteiger charge is 2.20. The largest absolute Gasteiger partial charge is 0.480 e. The van der Waals surface area contributed by atoms with Crippen molar-refractivity contribution in [1.82, 2.24) is 10.6 Å². The highest BCUT2D eigenvalue weighted by Crippen LogP contribution is 2.13. The van der Waals surface area contributed by atoms with Crippen LogP contribution in [-0.4, -0.2) is 29.6 Å². The molecule has 19 heavy (non-hydrogen) atoms. The quantitative estimate of drug-likeness (QED) is 0.721. The Labute approximate surface area is 110 Å². The number of halogens is 1. The molecule has 0 aliphatic carbocycles. The highest BCUT2D eigenvalue weighted by atomic mass is 19.1. The molecule has 0 aliphatic heterocycles. The maximum absolute atomic E-state index is 12.8. The van der Waals surface area contributed by atoms with Gasteiger partial charge in [0.15, 0.2) is 0 Å². The van der Waals surface area contributed by atoms with E-state index in [1.165, 1.54) is 31.2 Å². The Bertz CT molecular complexity index is 448. The van der Waals surface area contributed by atoms with E-state index in [1.807, 2.05) is 0 Å². The summed E-state index contributed by atoms with van der Waals surface area (Å²) in [4.78, 5) is 22.0. The zero-order chi connectivity index (χ0) is 14.4. The van der Waals surface area contributed by atoms with Crippen LogP contribution in [0.2, 0.25) is 0 Å². The van der Waals surface area contributed by atoms with Gasteiger partial charge in [-0.05, 0) is 24.6 Å². The van der Waals surface area contributed by atoms with Crippen molar-refractivity contribution in [2.75, 3.05) is 6.54 Å². The first kappa shape index (κ1) is 15.1. The second-order valence-electron chi connectivity index (χ2n) is 4.33. The van der Waals surface area contributed by atoms with E-state index >= 15 is 0 Å². The van der Waals surface area contributed by atoms with Crippen molar-refractivity contribution in [2.45, 2.75) is 25.9 Å². The van der Waals surface area contributed by atoms with E-state index in [4.69, 9.17) is 5.11 Å². The molecule has 0 spiro atoms. The molecule has 1 aromatic rings. The van der Waals surface area contributed by atoms with Crippen molar-refractivity contribution in [2.24, 2.45) is 0 Å². The van der Waals surface area contributed by atoms with Gasteiger partial charge in [0.25, 0.3) is 0 Å². The molecule has 1 rings (SSSR count). The number of benzene rings is 1. The minimum Gasteiger partial charge on any atom is -0.480 e. The van der Waals surface area contributed by atoms with Gasteiger partial charge in [0.2, 0.25) is 5.91 Å². The minimum absolute atomic E-state index is 0.178. The molecule has 3 N–H and O–H groups in total. The van der Waals surface area contributed by atoms with Crippen molar-refractivity contribution in [3.8, 4) is 0 Å². The summed E-state index contributed by atoms with van der Waals surface area (Å²) in [5.41, 5.74) is 0.462. The smallest absolute Gasteiger partial charge is 0.325 e. The van der Waals surface area contributed by atoms with Gasteiger partial charge in [-0.3, -0.25) is 14.9 Å². The molecule has 0 fully saturated rings. The second kappa shape index (κ2) is 6.84. The first-order valence-corrected chi connectivity index (χ1v) is 5.89. The van der Waals surface area contributed by atoms with Crippen LogP contribution >= 0.6 is 0 Å². The molecule has 104 valence electrons. The molecule has 5 nitrogen and oxygen atoms in total. The molecule has 2 unspecified atom stereocenters. The fourth-order valence-corrected chi connectivity index (χ4v) is 1.70. The van der Waals surface area contributed by atoms with Gasteiger partial charge in [0.1, 0.15) is 11.9 Å². The fraction of sp³-hybridized carbons (Fsp3) is 0.385. The van der Waals surface area contributed by atoms with E-state index in [0.29, 0.717) is 12.1 Å². The summed E-state index contributed by atoms with van der Waals surface area (Å²) in [6.45, 7) is 3.46. The van der Waals surface area contributed by atoms with Crippen molar-refractivity contribution in [3.05, 3.63) is 35.6 Å². The van der Waals surface area contributed by atoms with E-state index in [1.54, 1.807) is 6.92 Å². The zero-order valence-corrected chi connectivity index (χ0v) is 10.8. The van der Waals surface area contributed by atoms with Gasteiger partial charge < -0.3 is 10.4 Å². The Hall–Kier alpha value is -1.95. The Morgan fingerprint density at radius 1 is 1.32 bits per heavy atom. The minimum atomic E-state index is -1.05. The van der Waals surface area contributed by atoms with Crippen LogP contribution in [0.25, 0.3) is 0 Å². The van der Waals surface area contributed by atoms with Crippen LogP contribution in [0.3, 0.4) is 0 Å². The average molecular weight is 268 g/mol. The van der Waals surface area contributed by atoms with Gasteiger partial charge in [0.05, 0.1) is 0 Å². The van der Waals surface area contributed by atoms with Gasteiger partial charge in [0, 0.05) is 19.5 Å². The van der Waals surface area contributed by atoms with Crippen LogP contribution in [0, 0.1) is 5.82 Å². The summed E-state index contributed by atoms with van der Waals surface area (Å²) >= 11 is 0. The average Bonchev–Trinajstić information content (AvgIpc) is 2.30. The number of aliphatic carboxylic acids is 1. The maximum Gasteiger partial charge on any atom is 0.325 e. The summed E-state index contributed by atoms with van der Waals surface area (Å²) < 4.78 is 12.8. The predicted octanol–water partition coefficient (Wildman–Crippen LogP) is 1.07. The van der Waals surface area contributed by atoms with Crippen molar-refractivity contribution in [3.63, 3.8) is 0 Å². The maximum atomic E-state index is 12.8. The lowest BCUT2D eigenvalue weighted by atomic mass is 10.1. The van der Waals surface area contributed by atoms with Crippen LogP contribution < -0.4 is 10.6 Å². The summed E-state index contributed by atoms with van der Waals surface area (Å²) in [5, 5.41) is 14.6. The van der Waals surface area contributed by atoms with Crippen LogP contribution in [0.4, 0.5) is 4.39 Å². The van der Waals surface area contributed by atoms with E-state index in [-0.39, 0.29) is 11.9 Å². The number of hydrogen-bond donors (Lipinski definition) is 3. The van der Waals surface area contributed by atoms with Gasteiger partial charge in [-0.25, -0.2) is 4.39 Å².